The average Bonchev–Trinajstić information content (AvgIpc) is 2.12. The Hall–Kier alpha value is -1.30. The van der Waals surface area contributed by atoms with Crippen molar-refractivity contribution in [2.45, 2.75) is 32.2 Å². The Morgan fingerprint density at radius 2 is 2.13 bits per heavy atom. The highest BCUT2D eigenvalue weighted by molar-refractivity contribution is 5.76. The van der Waals surface area contributed by atoms with Gasteiger partial charge in [0.05, 0.1) is 6.61 Å². The number of hydrogen-bond donors (Lipinski definition) is 4. The van der Waals surface area contributed by atoms with Gasteiger partial charge in [0.25, 0.3) is 0 Å². The van der Waals surface area contributed by atoms with E-state index < -0.39 is 6.03 Å². The summed E-state index contributed by atoms with van der Waals surface area (Å²) in [5.74, 6) is -0.159. The van der Waals surface area contributed by atoms with Crippen LogP contribution in [0, 0.1) is 0 Å². The molecule has 3 amide bonds. The highest BCUT2D eigenvalue weighted by Crippen LogP contribution is 1.95. The average molecular weight is 217 g/mol. The minimum absolute atomic E-state index is 0.0405. The quantitative estimate of drug-likeness (QED) is 0.425. The third kappa shape index (κ3) is 9.01. The van der Waals surface area contributed by atoms with Crippen LogP contribution < -0.4 is 16.4 Å². The van der Waals surface area contributed by atoms with Gasteiger partial charge in [0, 0.05) is 19.0 Å². The molecule has 1 atom stereocenters. The van der Waals surface area contributed by atoms with Gasteiger partial charge >= 0.3 is 6.03 Å². The number of hydrogen-bond acceptors (Lipinski definition) is 3. The molecule has 6 heteroatoms. The van der Waals surface area contributed by atoms with E-state index in [1.165, 1.54) is 0 Å². The van der Waals surface area contributed by atoms with Crippen molar-refractivity contribution in [3.05, 3.63) is 0 Å². The van der Waals surface area contributed by atoms with Gasteiger partial charge in [-0.1, -0.05) is 0 Å². The number of urea groups is 1. The van der Waals surface area contributed by atoms with Crippen molar-refractivity contribution in [3.63, 3.8) is 0 Å². The van der Waals surface area contributed by atoms with Crippen molar-refractivity contribution in [2.24, 2.45) is 5.73 Å². The lowest BCUT2D eigenvalue weighted by atomic mass is 10.2. The molecule has 0 aromatic carbocycles. The lowest BCUT2D eigenvalue weighted by Gasteiger charge is -2.13. The van der Waals surface area contributed by atoms with Crippen LogP contribution in [-0.4, -0.2) is 36.2 Å². The number of carbonyl (C=O) groups excluding carboxylic acids is 2. The fraction of sp³-hybridized carbons (Fsp3) is 0.778. The van der Waals surface area contributed by atoms with Crippen molar-refractivity contribution in [1.29, 1.82) is 0 Å². The lowest BCUT2D eigenvalue weighted by molar-refractivity contribution is -0.122. The topological polar surface area (TPSA) is 104 Å². The van der Waals surface area contributed by atoms with Gasteiger partial charge in [0.15, 0.2) is 0 Å². The second-order valence-corrected chi connectivity index (χ2v) is 3.38. The van der Waals surface area contributed by atoms with Crippen LogP contribution in [0.3, 0.4) is 0 Å². The first kappa shape index (κ1) is 13.7. The van der Waals surface area contributed by atoms with Gasteiger partial charge in [-0.25, -0.2) is 4.79 Å². The number of primary amides is 1. The number of amides is 3. The van der Waals surface area contributed by atoms with Gasteiger partial charge in [0.1, 0.15) is 0 Å². The second kappa shape index (κ2) is 8.05. The molecule has 0 aliphatic rings. The zero-order chi connectivity index (χ0) is 11.7. The van der Waals surface area contributed by atoms with Crippen LogP contribution in [0.4, 0.5) is 4.79 Å². The Balaban J connectivity index is 3.44. The Labute approximate surface area is 89.2 Å². The molecular weight excluding hydrogens is 198 g/mol. The SMILES string of the molecule is CC(CCCNC(N)=O)NC(=O)CCO. The van der Waals surface area contributed by atoms with Crippen molar-refractivity contribution in [2.75, 3.05) is 13.2 Å². The molecule has 0 aliphatic heterocycles. The zero-order valence-electron chi connectivity index (χ0n) is 8.95. The summed E-state index contributed by atoms with van der Waals surface area (Å²) in [6, 6.07) is -0.495. The van der Waals surface area contributed by atoms with Crippen molar-refractivity contribution < 1.29 is 14.7 Å². The fourth-order valence-electron chi connectivity index (χ4n) is 1.14. The highest BCUT2D eigenvalue weighted by Gasteiger charge is 2.06. The third-order valence-corrected chi connectivity index (χ3v) is 1.86. The van der Waals surface area contributed by atoms with E-state index >= 15 is 0 Å². The molecule has 6 nitrogen and oxygen atoms in total. The summed E-state index contributed by atoms with van der Waals surface area (Å²) in [6.45, 7) is 2.25. The van der Waals surface area contributed by atoms with Crippen molar-refractivity contribution >= 4 is 11.9 Å². The monoisotopic (exact) mass is 217 g/mol. The number of aliphatic hydroxyl groups excluding tert-OH is 1. The van der Waals surface area contributed by atoms with Crippen molar-refractivity contribution in [3.8, 4) is 0 Å². The summed E-state index contributed by atoms with van der Waals surface area (Å²) >= 11 is 0. The largest absolute Gasteiger partial charge is 0.396 e. The lowest BCUT2D eigenvalue weighted by Crippen LogP contribution is -2.34. The van der Waals surface area contributed by atoms with Gasteiger partial charge in [0.2, 0.25) is 5.91 Å². The van der Waals surface area contributed by atoms with Crippen LogP contribution in [0.1, 0.15) is 26.2 Å². The first-order valence-electron chi connectivity index (χ1n) is 4.99. The first-order chi connectivity index (χ1) is 7.06. The molecule has 0 radical (unpaired) electrons. The number of nitrogens with two attached hydrogens (primary N) is 1. The van der Waals surface area contributed by atoms with E-state index in [1.807, 2.05) is 6.92 Å². The molecule has 0 saturated heterocycles. The standard InChI is InChI=1S/C9H19N3O3/c1-7(12-8(14)4-6-13)3-2-5-11-9(10)15/h7,13H,2-6H2,1H3,(H,12,14)(H3,10,11,15). The summed E-state index contributed by atoms with van der Waals surface area (Å²) in [4.78, 5) is 21.4. The van der Waals surface area contributed by atoms with E-state index in [-0.39, 0.29) is 25.0 Å². The molecule has 0 aromatic rings. The Bertz CT molecular complexity index is 209. The normalized spacial score (nSPS) is 11.9. The van der Waals surface area contributed by atoms with Crippen LogP contribution in [0.2, 0.25) is 0 Å². The maximum absolute atomic E-state index is 11.0. The first-order valence-corrected chi connectivity index (χ1v) is 4.99. The highest BCUT2D eigenvalue weighted by atomic mass is 16.3. The maximum atomic E-state index is 11.0. The van der Waals surface area contributed by atoms with Gasteiger partial charge < -0.3 is 21.5 Å². The van der Waals surface area contributed by atoms with Gasteiger partial charge in [-0.3, -0.25) is 4.79 Å². The fourth-order valence-corrected chi connectivity index (χ4v) is 1.14. The Morgan fingerprint density at radius 1 is 1.47 bits per heavy atom. The molecule has 0 heterocycles. The molecule has 0 aliphatic carbocycles. The van der Waals surface area contributed by atoms with Crippen LogP contribution in [0.25, 0.3) is 0 Å². The second-order valence-electron chi connectivity index (χ2n) is 3.38. The molecule has 0 aromatic heterocycles. The summed E-state index contributed by atoms with van der Waals surface area (Å²) < 4.78 is 0. The van der Waals surface area contributed by atoms with Crippen molar-refractivity contribution in [1.82, 2.24) is 10.6 Å². The zero-order valence-corrected chi connectivity index (χ0v) is 8.95. The van der Waals surface area contributed by atoms with E-state index in [0.29, 0.717) is 6.54 Å². The van der Waals surface area contributed by atoms with E-state index in [4.69, 9.17) is 10.8 Å². The predicted molar refractivity (Wildman–Crippen MR) is 56.1 cm³/mol. The summed E-state index contributed by atoms with van der Waals surface area (Å²) in [5.41, 5.74) is 4.88. The summed E-state index contributed by atoms with van der Waals surface area (Å²) in [6.07, 6.45) is 1.64. The number of nitrogens with one attached hydrogen (secondary N) is 2. The summed E-state index contributed by atoms with van der Waals surface area (Å²) in [5, 5.41) is 13.7. The van der Waals surface area contributed by atoms with Crippen LogP contribution >= 0.6 is 0 Å². The molecule has 0 rings (SSSR count). The molecular formula is C9H19N3O3. The maximum Gasteiger partial charge on any atom is 0.312 e. The molecule has 0 bridgehead atoms. The molecule has 0 saturated carbocycles. The van der Waals surface area contributed by atoms with E-state index in [1.54, 1.807) is 0 Å². The minimum atomic E-state index is -0.535. The molecule has 15 heavy (non-hydrogen) atoms. The number of aliphatic hydroxyl groups is 1. The smallest absolute Gasteiger partial charge is 0.312 e. The van der Waals surface area contributed by atoms with E-state index in [2.05, 4.69) is 10.6 Å². The molecule has 1 unspecified atom stereocenters. The number of carbonyl (C=O) groups is 2. The van der Waals surface area contributed by atoms with Gasteiger partial charge in [-0.15, -0.1) is 0 Å². The molecule has 0 spiro atoms. The van der Waals surface area contributed by atoms with Gasteiger partial charge in [-0.2, -0.15) is 0 Å². The summed E-state index contributed by atoms with van der Waals surface area (Å²) in [7, 11) is 0. The van der Waals surface area contributed by atoms with E-state index in [9.17, 15) is 9.59 Å². The molecule has 88 valence electrons. The molecule has 5 N–H and O–H groups in total. The van der Waals surface area contributed by atoms with Gasteiger partial charge in [-0.05, 0) is 19.8 Å². The minimum Gasteiger partial charge on any atom is -0.396 e. The molecule has 0 fully saturated rings. The Kier molecular flexibility index (Phi) is 7.35. The van der Waals surface area contributed by atoms with Crippen LogP contribution in [-0.2, 0) is 4.79 Å². The van der Waals surface area contributed by atoms with E-state index in [0.717, 1.165) is 12.8 Å². The van der Waals surface area contributed by atoms with Crippen LogP contribution in [0.5, 0.6) is 0 Å². The van der Waals surface area contributed by atoms with Crippen LogP contribution in [0.15, 0.2) is 0 Å². The predicted octanol–water partition coefficient (Wildman–Crippen LogP) is -0.678. The Morgan fingerprint density at radius 3 is 2.67 bits per heavy atom. The third-order valence-electron chi connectivity index (χ3n) is 1.86. The number of rotatable bonds is 7.